The molecule has 15 heavy (non-hydrogen) atoms. The minimum atomic E-state index is 0. The fourth-order valence-corrected chi connectivity index (χ4v) is 1.10. The van der Waals surface area contributed by atoms with Gasteiger partial charge in [-0.25, -0.2) is 0 Å². The Morgan fingerprint density at radius 3 is 2.47 bits per heavy atom. The maximum Gasteiger partial charge on any atom is 1.00 e. The third kappa shape index (κ3) is 7.60. The van der Waals surface area contributed by atoms with Crippen LogP contribution < -0.4 is 40.6 Å². The van der Waals surface area contributed by atoms with E-state index in [1.807, 2.05) is 24.3 Å². The third-order valence-electron chi connectivity index (χ3n) is 1.41. The first-order chi connectivity index (χ1) is 6.70. The summed E-state index contributed by atoms with van der Waals surface area (Å²) in [4.78, 5) is 0. The van der Waals surface area contributed by atoms with Crippen LogP contribution in [0.5, 0.6) is 0 Å². The van der Waals surface area contributed by atoms with Gasteiger partial charge in [-0.15, -0.1) is 0 Å². The largest absolute Gasteiger partial charge is 1.00 e. The Morgan fingerprint density at radius 2 is 2.00 bits per heavy atom. The van der Waals surface area contributed by atoms with E-state index in [4.69, 9.17) is 29.2 Å². The van der Waals surface area contributed by atoms with Crippen LogP contribution >= 0.6 is 23.8 Å². The monoisotopic (exact) mass is 249 g/mol. The van der Waals surface area contributed by atoms with Gasteiger partial charge in [-0.1, -0.05) is 29.8 Å². The van der Waals surface area contributed by atoms with Gasteiger partial charge in [0, 0.05) is 11.6 Å². The Morgan fingerprint density at radius 1 is 1.47 bits per heavy atom. The van der Waals surface area contributed by atoms with Crippen LogP contribution in [0.15, 0.2) is 24.3 Å². The topological polar surface area (TPSA) is 61.8 Å². The molecule has 0 bridgehead atoms. The van der Waals surface area contributed by atoms with Gasteiger partial charge in [0.15, 0.2) is 5.11 Å². The number of hydrogen-bond donors (Lipinski definition) is 2. The van der Waals surface area contributed by atoms with Gasteiger partial charge in [-0.2, -0.15) is 0 Å². The van der Waals surface area contributed by atoms with Gasteiger partial charge in [0.2, 0.25) is 0 Å². The number of thiocarbonyl (C=S) groups is 1. The van der Waals surface area contributed by atoms with Crippen LogP contribution in [-0.4, -0.2) is 5.11 Å². The number of rotatable bonds is 2. The fraction of sp³-hybridized carbons (Fsp3) is 0.111. The molecule has 1 rings (SSSR count). The van der Waals surface area contributed by atoms with Crippen LogP contribution in [0.1, 0.15) is 5.56 Å². The molecule has 0 amide bonds. The molecule has 0 saturated carbocycles. The number of halogens is 1. The number of hydrogen-bond acceptors (Lipinski definition) is 2. The first-order valence-corrected chi connectivity index (χ1v) is 4.48. The van der Waals surface area contributed by atoms with E-state index in [0.29, 0.717) is 6.54 Å². The Balaban J connectivity index is 0. The summed E-state index contributed by atoms with van der Waals surface area (Å²) in [6, 6.07) is 7.56. The van der Waals surface area contributed by atoms with Crippen LogP contribution in [0.2, 0.25) is 5.02 Å². The summed E-state index contributed by atoms with van der Waals surface area (Å²) in [6.07, 6.45) is 0. The molecule has 0 aromatic heterocycles. The second-order valence-corrected chi connectivity index (χ2v) is 3.16. The molecule has 74 valence electrons. The minimum absolute atomic E-state index is 0. The van der Waals surface area contributed by atoms with Crippen molar-refractivity contribution in [2.45, 2.75) is 6.54 Å². The van der Waals surface area contributed by atoms with Gasteiger partial charge in [0.1, 0.15) is 0 Å². The molecule has 0 radical (unpaired) electrons. The van der Waals surface area contributed by atoms with Crippen molar-refractivity contribution in [3.8, 4) is 0 Å². The molecule has 0 aliphatic carbocycles. The van der Waals surface area contributed by atoms with Crippen molar-refractivity contribution in [2.24, 2.45) is 5.73 Å². The van der Waals surface area contributed by atoms with Crippen LogP contribution in [0.3, 0.4) is 0 Å². The van der Waals surface area contributed by atoms with Crippen molar-refractivity contribution < 1.29 is 29.6 Å². The number of nitrogens with two attached hydrogens (primary N) is 1. The van der Waals surface area contributed by atoms with E-state index in [-0.39, 0.29) is 34.7 Å². The molecule has 0 spiro atoms. The average Bonchev–Trinajstić information content (AvgIpc) is 2.19. The van der Waals surface area contributed by atoms with E-state index in [9.17, 15) is 0 Å². The smallest absolute Gasteiger partial charge is 0.512 e. The van der Waals surface area contributed by atoms with Gasteiger partial charge in [0.25, 0.3) is 0 Å². The number of benzene rings is 1. The maximum absolute atomic E-state index is 6.25. The van der Waals surface area contributed by atoms with Crippen LogP contribution in [0.4, 0.5) is 0 Å². The van der Waals surface area contributed by atoms with Crippen LogP contribution in [-0.2, 0) is 6.54 Å². The van der Waals surface area contributed by atoms with Gasteiger partial charge in [-0.05, 0) is 23.8 Å². The summed E-state index contributed by atoms with van der Waals surface area (Å²) in [7, 11) is 0. The molecular formula is C9H9ClN3NaS. The van der Waals surface area contributed by atoms with Crippen LogP contribution in [0.25, 0.3) is 0 Å². The molecule has 3 nitrogen and oxygen atoms in total. The molecule has 1 aromatic rings. The predicted molar refractivity (Wildman–Crippen MR) is 60.0 cm³/mol. The van der Waals surface area contributed by atoms with Gasteiger partial charge in [-0.3, -0.25) is 0 Å². The van der Waals surface area contributed by atoms with Crippen molar-refractivity contribution in [2.75, 3.05) is 0 Å². The normalized spacial score (nSPS) is 7.67. The molecular weight excluding hydrogens is 241 g/mol. The molecule has 0 heterocycles. The SMILES string of the molecule is NC(=S)NCc1ccccc1Cl.[C-]#N.[Na+]. The van der Waals surface area contributed by atoms with E-state index in [2.05, 4.69) is 17.5 Å². The minimum Gasteiger partial charge on any atom is -0.512 e. The van der Waals surface area contributed by atoms with E-state index in [1.165, 1.54) is 0 Å². The van der Waals surface area contributed by atoms with E-state index >= 15 is 0 Å². The van der Waals surface area contributed by atoms with E-state index in [1.54, 1.807) is 0 Å². The second kappa shape index (κ2) is 10.2. The zero-order valence-corrected chi connectivity index (χ0v) is 11.9. The third-order valence-corrected chi connectivity index (χ3v) is 1.92. The van der Waals surface area contributed by atoms with Crippen molar-refractivity contribution in [3.05, 3.63) is 41.4 Å². The standard InChI is InChI=1S/C8H9ClN2S.CN.Na/c9-7-4-2-1-3-6(7)5-11-8(10)12;1-2;/h1-4H,5H2,(H3,10,11,12);;/q;-1;+1. The molecule has 0 atom stereocenters. The molecule has 0 aliphatic heterocycles. The van der Waals surface area contributed by atoms with Crippen molar-refractivity contribution >= 4 is 28.9 Å². The van der Waals surface area contributed by atoms with E-state index < -0.39 is 0 Å². The summed E-state index contributed by atoms with van der Waals surface area (Å²) in [5.74, 6) is 0. The van der Waals surface area contributed by atoms with Crippen molar-refractivity contribution in [1.82, 2.24) is 5.32 Å². The predicted octanol–water partition coefficient (Wildman–Crippen LogP) is -1.23. The summed E-state index contributed by atoms with van der Waals surface area (Å²) >= 11 is 10.5. The first-order valence-electron chi connectivity index (χ1n) is 3.69. The quantitative estimate of drug-likeness (QED) is 0.392. The van der Waals surface area contributed by atoms with Crippen LogP contribution in [0, 0.1) is 11.8 Å². The Kier molecular flexibility index (Phi) is 11.6. The van der Waals surface area contributed by atoms with Gasteiger partial charge >= 0.3 is 29.6 Å². The Hall–Kier alpha value is -0.310. The molecule has 6 heteroatoms. The zero-order valence-electron chi connectivity index (χ0n) is 8.33. The Bertz CT molecular complexity index is 330. The summed E-state index contributed by atoms with van der Waals surface area (Å²) in [6.45, 7) is 5.33. The Labute approximate surface area is 122 Å². The molecule has 0 fully saturated rings. The summed E-state index contributed by atoms with van der Waals surface area (Å²) in [5.41, 5.74) is 6.26. The van der Waals surface area contributed by atoms with Gasteiger partial charge in [0.05, 0.1) is 0 Å². The molecule has 3 N–H and O–H groups in total. The summed E-state index contributed by atoms with van der Waals surface area (Å²) < 4.78 is 0. The van der Waals surface area contributed by atoms with Crippen molar-refractivity contribution in [3.63, 3.8) is 0 Å². The number of nitrogens with zero attached hydrogens (tertiary/aromatic N) is 1. The average molecular weight is 250 g/mol. The van der Waals surface area contributed by atoms with E-state index in [0.717, 1.165) is 10.6 Å². The second-order valence-electron chi connectivity index (χ2n) is 2.31. The number of nitrogens with one attached hydrogen (secondary N) is 1. The summed E-state index contributed by atoms with van der Waals surface area (Å²) in [5, 5.41) is 10.1. The zero-order chi connectivity index (χ0) is 11.0. The maximum atomic E-state index is 6.25. The molecule has 0 saturated heterocycles. The van der Waals surface area contributed by atoms with Crippen molar-refractivity contribution in [1.29, 1.82) is 5.26 Å². The molecule has 1 aromatic carbocycles. The van der Waals surface area contributed by atoms with Gasteiger partial charge < -0.3 is 22.9 Å². The molecule has 0 aliphatic rings. The fourth-order valence-electron chi connectivity index (χ4n) is 0.824. The molecule has 0 unspecified atom stereocenters. The first kappa shape index (κ1) is 17.1.